The highest BCUT2D eigenvalue weighted by Crippen LogP contribution is 2.36. The van der Waals surface area contributed by atoms with Crippen LogP contribution in [0.5, 0.6) is 0 Å². The molecule has 0 radical (unpaired) electrons. The van der Waals surface area contributed by atoms with Crippen molar-refractivity contribution in [3.63, 3.8) is 0 Å². The number of nitrogens with one attached hydrogen (secondary N) is 1. The fourth-order valence-electron chi connectivity index (χ4n) is 1.93. The number of alkyl halides is 3. The van der Waals surface area contributed by atoms with E-state index in [9.17, 15) is 26.4 Å². The molecule has 1 aromatic heterocycles. The van der Waals surface area contributed by atoms with Crippen LogP contribution in [0.4, 0.5) is 18.9 Å². The van der Waals surface area contributed by atoms with Crippen LogP contribution < -0.4 is 5.32 Å². The molecule has 0 aliphatic carbocycles. The number of hydrogen-bond donors (Lipinski definition) is 1. The second kappa shape index (κ2) is 7.64. The SMILES string of the molecule is CN(CC(=O)Nc1ccc(Cl)c(C(F)(F)F)c1)S(=O)(=O)Cc1ccon1. The predicted octanol–water partition coefficient (Wildman–Crippen LogP) is 2.75. The fraction of sp³-hybridized carbons (Fsp3) is 0.286. The van der Waals surface area contributed by atoms with Crippen LogP contribution in [-0.2, 0) is 26.7 Å². The topological polar surface area (TPSA) is 92.5 Å². The summed E-state index contributed by atoms with van der Waals surface area (Å²) in [6, 6.07) is 4.20. The molecule has 1 N–H and O–H groups in total. The maximum absolute atomic E-state index is 12.8. The number of benzene rings is 1. The van der Waals surface area contributed by atoms with E-state index in [0.717, 1.165) is 17.4 Å². The lowest BCUT2D eigenvalue weighted by Gasteiger charge is -2.16. The van der Waals surface area contributed by atoms with Gasteiger partial charge in [0.05, 0.1) is 22.8 Å². The van der Waals surface area contributed by atoms with Gasteiger partial charge in [-0.1, -0.05) is 16.8 Å². The molecule has 12 heteroatoms. The van der Waals surface area contributed by atoms with Crippen molar-refractivity contribution in [3.8, 4) is 0 Å². The lowest BCUT2D eigenvalue weighted by Crippen LogP contribution is -2.35. The summed E-state index contributed by atoms with van der Waals surface area (Å²) in [7, 11) is -2.70. The van der Waals surface area contributed by atoms with Crippen LogP contribution in [0.1, 0.15) is 11.3 Å². The quantitative estimate of drug-likeness (QED) is 0.789. The molecule has 7 nitrogen and oxygen atoms in total. The van der Waals surface area contributed by atoms with Crippen molar-refractivity contribution in [1.82, 2.24) is 9.46 Å². The summed E-state index contributed by atoms with van der Waals surface area (Å²) in [6.45, 7) is -0.593. The Balaban J connectivity index is 2.04. The van der Waals surface area contributed by atoms with Crippen LogP contribution in [0, 0.1) is 0 Å². The third-order valence-electron chi connectivity index (χ3n) is 3.22. The molecule has 0 atom stereocenters. The molecule has 0 spiro atoms. The molecule has 0 saturated heterocycles. The van der Waals surface area contributed by atoms with Gasteiger partial charge in [-0.05, 0) is 18.2 Å². The van der Waals surface area contributed by atoms with Gasteiger partial charge in [0, 0.05) is 18.8 Å². The first-order valence-electron chi connectivity index (χ1n) is 6.99. The van der Waals surface area contributed by atoms with Gasteiger partial charge in [0.15, 0.2) is 0 Å². The smallest absolute Gasteiger partial charge is 0.364 e. The number of anilines is 1. The molecule has 26 heavy (non-hydrogen) atoms. The highest BCUT2D eigenvalue weighted by Gasteiger charge is 2.33. The molecule has 0 unspecified atom stereocenters. The Labute approximate surface area is 151 Å². The molecule has 0 fully saturated rings. The van der Waals surface area contributed by atoms with E-state index in [1.807, 2.05) is 0 Å². The minimum Gasteiger partial charge on any atom is -0.364 e. The monoisotopic (exact) mass is 411 g/mol. The summed E-state index contributed by atoms with van der Waals surface area (Å²) >= 11 is 5.50. The van der Waals surface area contributed by atoms with Crippen molar-refractivity contribution in [1.29, 1.82) is 0 Å². The number of hydrogen-bond acceptors (Lipinski definition) is 5. The summed E-state index contributed by atoms with van der Waals surface area (Å²) in [4.78, 5) is 12.0. The molecule has 142 valence electrons. The van der Waals surface area contributed by atoms with Crippen molar-refractivity contribution >= 4 is 33.2 Å². The van der Waals surface area contributed by atoms with Gasteiger partial charge in [-0.25, -0.2) is 8.42 Å². The second-order valence-electron chi connectivity index (χ2n) is 5.24. The first-order chi connectivity index (χ1) is 12.0. The lowest BCUT2D eigenvalue weighted by molar-refractivity contribution is -0.137. The highest BCUT2D eigenvalue weighted by atomic mass is 35.5. The molecule has 0 aliphatic rings. The van der Waals surface area contributed by atoms with Gasteiger partial charge in [0.1, 0.15) is 12.0 Å². The van der Waals surface area contributed by atoms with E-state index in [2.05, 4.69) is 15.0 Å². The van der Waals surface area contributed by atoms with Gasteiger partial charge in [-0.3, -0.25) is 4.79 Å². The third kappa shape index (κ3) is 5.19. The Morgan fingerprint density at radius 3 is 2.62 bits per heavy atom. The Hall–Kier alpha value is -2.11. The number of likely N-dealkylation sites (N-methyl/N-ethyl adjacent to an activating group) is 1. The van der Waals surface area contributed by atoms with E-state index in [4.69, 9.17) is 11.6 Å². The number of halogens is 4. The Morgan fingerprint density at radius 2 is 2.04 bits per heavy atom. The van der Waals surface area contributed by atoms with Gasteiger partial charge in [-0.2, -0.15) is 17.5 Å². The summed E-state index contributed by atoms with van der Waals surface area (Å²) in [5.74, 6) is -1.29. The molecule has 2 aromatic rings. The van der Waals surface area contributed by atoms with Crippen LogP contribution in [0.2, 0.25) is 5.02 Å². The zero-order valence-electron chi connectivity index (χ0n) is 13.2. The summed E-state index contributed by atoms with van der Waals surface area (Å²) in [5.41, 5.74) is -1.11. The zero-order valence-corrected chi connectivity index (χ0v) is 14.8. The Bertz CT molecular complexity index is 885. The minimum atomic E-state index is -4.68. The van der Waals surface area contributed by atoms with Crippen molar-refractivity contribution in [2.45, 2.75) is 11.9 Å². The number of sulfonamides is 1. The Kier molecular flexibility index (Phi) is 5.94. The summed E-state index contributed by atoms with van der Waals surface area (Å²) in [6.07, 6.45) is -3.48. The Morgan fingerprint density at radius 1 is 1.35 bits per heavy atom. The number of carbonyl (C=O) groups is 1. The van der Waals surface area contributed by atoms with E-state index in [-0.39, 0.29) is 11.4 Å². The van der Waals surface area contributed by atoms with Crippen LogP contribution in [0.15, 0.2) is 35.1 Å². The van der Waals surface area contributed by atoms with Gasteiger partial charge in [0.2, 0.25) is 15.9 Å². The third-order valence-corrected chi connectivity index (χ3v) is 5.29. The molecule has 1 aromatic carbocycles. The predicted molar refractivity (Wildman–Crippen MR) is 86.8 cm³/mol. The number of nitrogens with zero attached hydrogens (tertiary/aromatic N) is 2. The molecule has 1 heterocycles. The first-order valence-corrected chi connectivity index (χ1v) is 8.97. The number of rotatable bonds is 6. The van der Waals surface area contributed by atoms with Crippen molar-refractivity contribution in [3.05, 3.63) is 46.8 Å². The number of aromatic nitrogens is 1. The summed E-state index contributed by atoms with van der Waals surface area (Å²) < 4.78 is 68.0. The second-order valence-corrected chi connectivity index (χ2v) is 7.73. The van der Waals surface area contributed by atoms with E-state index in [1.165, 1.54) is 18.4 Å². The minimum absolute atomic E-state index is 0.157. The fourth-order valence-corrected chi connectivity index (χ4v) is 3.21. The standard InChI is InChI=1S/C14H13ClF3N3O4S/c1-21(26(23,24)8-10-4-5-25-20-10)7-13(22)19-9-2-3-12(15)11(6-9)14(16,17)18/h2-6H,7-8H2,1H3,(H,19,22). The molecule has 0 bridgehead atoms. The van der Waals surface area contributed by atoms with Gasteiger partial charge in [-0.15, -0.1) is 0 Å². The maximum Gasteiger partial charge on any atom is 0.417 e. The molecule has 0 aliphatic heterocycles. The molecule has 0 saturated carbocycles. The van der Waals surface area contributed by atoms with E-state index in [1.54, 1.807) is 0 Å². The molecular formula is C14H13ClF3N3O4S. The average Bonchev–Trinajstić information content (AvgIpc) is 3.00. The maximum atomic E-state index is 12.8. The van der Waals surface area contributed by atoms with Crippen molar-refractivity contribution in [2.75, 3.05) is 18.9 Å². The van der Waals surface area contributed by atoms with Crippen molar-refractivity contribution < 1.29 is 30.9 Å². The van der Waals surface area contributed by atoms with Gasteiger partial charge < -0.3 is 9.84 Å². The van der Waals surface area contributed by atoms with E-state index in [0.29, 0.717) is 6.07 Å². The van der Waals surface area contributed by atoms with Crippen LogP contribution >= 0.6 is 11.6 Å². The van der Waals surface area contributed by atoms with E-state index < -0.39 is 45.0 Å². The number of amides is 1. The van der Waals surface area contributed by atoms with Crippen LogP contribution in [-0.4, -0.2) is 37.4 Å². The lowest BCUT2D eigenvalue weighted by atomic mass is 10.2. The normalized spacial score (nSPS) is 12.4. The number of carbonyl (C=O) groups excluding carboxylic acids is 1. The van der Waals surface area contributed by atoms with Gasteiger partial charge >= 0.3 is 6.18 Å². The van der Waals surface area contributed by atoms with Crippen molar-refractivity contribution in [2.24, 2.45) is 0 Å². The first kappa shape index (κ1) is 20.2. The molecule has 1 amide bonds. The summed E-state index contributed by atoms with van der Waals surface area (Å²) in [5, 5.41) is 5.17. The highest BCUT2D eigenvalue weighted by molar-refractivity contribution is 7.88. The van der Waals surface area contributed by atoms with Crippen LogP contribution in [0.25, 0.3) is 0 Å². The average molecular weight is 412 g/mol. The largest absolute Gasteiger partial charge is 0.417 e. The zero-order chi connectivity index (χ0) is 19.5. The van der Waals surface area contributed by atoms with Crippen LogP contribution in [0.3, 0.4) is 0 Å². The van der Waals surface area contributed by atoms with Gasteiger partial charge in [0.25, 0.3) is 0 Å². The molecule has 2 rings (SSSR count). The van der Waals surface area contributed by atoms with E-state index >= 15 is 0 Å². The molecular weight excluding hydrogens is 399 g/mol.